The van der Waals surface area contributed by atoms with Crippen molar-refractivity contribution < 1.29 is 51.9 Å². The molecule has 0 aromatic heterocycles. The van der Waals surface area contributed by atoms with Gasteiger partial charge < -0.3 is 17.1 Å². The minimum atomic E-state index is -0.492. The Hall–Kier alpha value is -0.286. The molecule has 0 aromatic rings. The Morgan fingerprint density at radius 2 is 1.67 bits per heavy atom. The first kappa shape index (κ1) is 14.2. The Morgan fingerprint density at radius 3 is 2.00 bits per heavy atom. The summed E-state index contributed by atoms with van der Waals surface area (Å²) in [7, 11) is 0. The van der Waals surface area contributed by atoms with Gasteiger partial charge >= 0.3 is 0 Å². The summed E-state index contributed by atoms with van der Waals surface area (Å²) in [6.45, 7) is 1.00. The molecule has 1 saturated heterocycles. The fourth-order valence-electron chi connectivity index (χ4n) is 0.695. The summed E-state index contributed by atoms with van der Waals surface area (Å²) in [4.78, 5) is 34.7. The van der Waals surface area contributed by atoms with Gasteiger partial charge in [0, 0.05) is 45.6 Å². The second-order valence-corrected chi connectivity index (χ2v) is 1.76. The van der Waals surface area contributed by atoms with E-state index in [-0.39, 0.29) is 53.0 Å². The van der Waals surface area contributed by atoms with Gasteiger partial charge in [-0.25, -0.2) is 0 Å². The number of hydrogen-bond donors (Lipinski definition) is 0. The second-order valence-electron chi connectivity index (χ2n) is 1.76. The molecular weight excluding hydrogens is 239 g/mol. The molecule has 1 fully saturated rings. The molecule has 1 aliphatic heterocycles. The topological polar surface area (TPSA) is 63.7 Å². The van der Waals surface area contributed by atoms with E-state index in [2.05, 4.69) is 4.84 Å². The molecule has 1 radical (unpaired) electrons. The van der Waals surface area contributed by atoms with Crippen LogP contribution in [-0.4, -0.2) is 23.3 Å². The molecule has 0 spiro atoms. The minimum Gasteiger partial charge on any atom is -0.536 e. The largest absolute Gasteiger partial charge is 0.536 e. The second kappa shape index (κ2) is 6.25. The number of carbonyl (C=O) groups excluding carboxylic acids is 3. The maximum atomic E-state index is 10.6. The third-order valence-corrected chi connectivity index (χ3v) is 1.13. The summed E-state index contributed by atoms with van der Waals surface area (Å²) in [5, 5.41) is 0.424. The van der Waals surface area contributed by atoms with Gasteiger partial charge in [0.05, 0.1) is 0 Å². The van der Waals surface area contributed by atoms with Crippen molar-refractivity contribution in [3.8, 4) is 0 Å². The third-order valence-electron chi connectivity index (χ3n) is 1.13. The van der Waals surface area contributed by atoms with Crippen LogP contribution in [0.4, 0.5) is 0 Å². The van der Waals surface area contributed by atoms with Crippen molar-refractivity contribution >= 4 is 18.3 Å². The van der Waals surface area contributed by atoms with Crippen LogP contribution in [0.5, 0.6) is 0 Å². The molecule has 0 aromatic carbocycles. The first-order valence-corrected chi connectivity index (χ1v) is 2.65. The van der Waals surface area contributed by atoms with Gasteiger partial charge in [-0.05, 0) is 6.47 Å². The molecular formula is C6H7NO4Y-2. The standard InChI is InChI=1S/C5H4NO4.CH3.Y/c7-3-10-6-4(8)1-2-5(6)9;;/h1-2H2;1H3;/q2*-1;. The molecule has 12 heavy (non-hydrogen) atoms. The monoisotopic (exact) mass is 246 g/mol. The van der Waals surface area contributed by atoms with Gasteiger partial charge in [-0.15, -0.1) is 5.06 Å². The molecule has 0 saturated carbocycles. The summed E-state index contributed by atoms with van der Waals surface area (Å²) in [5.74, 6) is -0.985. The molecule has 1 aliphatic rings. The van der Waals surface area contributed by atoms with Crippen LogP contribution in [0.2, 0.25) is 0 Å². The average Bonchev–Trinajstić information content (AvgIpc) is 2.20. The Morgan fingerprint density at radius 1 is 1.25 bits per heavy atom. The molecule has 0 unspecified atom stereocenters. The SMILES string of the molecule is O=[C-]ON1C(=O)CCC1=O.[CH3-].[Y]. The van der Waals surface area contributed by atoms with Gasteiger partial charge in [0.25, 0.3) is 11.8 Å². The summed E-state index contributed by atoms with van der Waals surface area (Å²) in [6, 6.07) is 0. The van der Waals surface area contributed by atoms with E-state index in [9.17, 15) is 14.4 Å². The Labute approximate surface area is 95.3 Å². The molecule has 0 N–H and O–H groups in total. The average molecular weight is 246 g/mol. The Kier molecular flexibility index (Phi) is 7.43. The number of hydrogen-bond acceptors (Lipinski definition) is 4. The van der Waals surface area contributed by atoms with Gasteiger partial charge in [-0.2, -0.15) is 0 Å². The van der Waals surface area contributed by atoms with Crippen molar-refractivity contribution in [1.29, 1.82) is 0 Å². The van der Waals surface area contributed by atoms with Crippen LogP contribution in [0.25, 0.3) is 0 Å². The van der Waals surface area contributed by atoms with Crippen LogP contribution in [0.1, 0.15) is 12.8 Å². The number of rotatable bonds is 2. The van der Waals surface area contributed by atoms with Gasteiger partial charge in [0.1, 0.15) is 0 Å². The van der Waals surface area contributed by atoms with Gasteiger partial charge in [-0.3, -0.25) is 9.59 Å². The zero-order valence-corrected chi connectivity index (χ0v) is 9.41. The number of hydroxylamine groups is 2. The van der Waals surface area contributed by atoms with Crippen LogP contribution >= 0.6 is 0 Å². The predicted molar refractivity (Wildman–Crippen MR) is 34.3 cm³/mol. The zero-order chi connectivity index (χ0) is 7.56. The number of imide groups is 1. The number of carbonyl (C=O) groups is 2. The van der Waals surface area contributed by atoms with Crippen LogP contribution in [0.15, 0.2) is 0 Å². The Bertz CT molecular complexity index is 178. The van der Waals surface area contributed by atoms with Crippen molar-refractivity contribution in [2.24, 2.45) is 0 Å². The predicted octanol–water partition coefficient (Wildman–Crippen LogP) is -0.418. The molecule has 0 atom stereocenters. The Balaban J connectivity index is 0. The van der Waals surface area contributed by atoms with Crippen LogP contribution in [-0.2, 0) is 51.9 Å². The van der Waals surface area contributed by atoms with Crippen LogP contribution in [0, 0.1) is 7.43 Å². The number of nitrogens with zero attached hydrogens (tertiary/aromatic N) is 1. The van der Waals surface area contributed by atoms with Gasteiger partial charge in [0.2, 0.25) is 0 Å². The fourth-order valence-corrected chi connectivity index (χ4v) is 0.695. The van der Waals surface area contributed by atoms with E-state index >= 15 is 0 Å². The maximum Gasteiger partial charge on any atom is 0.260 e. The summed E-state index contributed by atoms with van der Waals surface area (Å²) in [6.07, 6.45) is 0.223. The van der Waals surface area contributed by atoms with E-state index in [1.165, 1.54) is 0 Å². The van der Waals surface area contributed by atoms with Crippen molar-refractivity contribution in [2.75, 3.05) is 0 Å². The van der Waals surface area contributed by atoms with Crippen molar-refractivity contribution in [3.05, 3.63) is 7.43 Å². The van der Waals surface area contributed by atoms with E-state index in [1.807, 2.05) is 0 Å². The molecule has 1 heterocycles. The molecule has 0 aliphatic carbocycles. The fraction of sp³-hybridized carbons (Fsp3) is 0.333. The van der Waals surface area contributed by atoms with E-state index in [0.29, 0.717) is 5.06 Å². The van der Waals surface area contributed by atoms with E-state index in [1.54, 1.807) is 0 Å². The van der Waals surface area contributed by atoms with Crippen molar-refractivity contribution in [1.82, 2.24) is 5.06 Å². The molecule has 5 nitrogen and oxygen atoms in total. The van der Waals surface area contributed by atoms with Crippen LogP contribution in [0.3, 0.4) is 0 Å². The third kappa shape index (κ3) is 2.99. The normalized spacial score (nSPS) is 14.8. The summed E-state index contributed by atoms with van der Waals surface area (Å²) >= 11 is 0. The van der Waals surface area contributed by atoms with E-state index < -0.39 is 11.8 Å². The quantitative estimate of drug-likeness (QED) is 0.490. The maximum absolute atomic E-state index is 10.6. The van der Waals surface area contributed by atoms with Gasteiger partial charge in [0.15, 0.2) is 0 Å². The van der Waals surface area contributed by atoms with E-state index in [4.69, 9.17) is 0 Å². The molecule has 65 valence electrons. The van der Waals surface area contributed by atoms with Crippen molar-refractivity contribution in [3.63, 3.8) is 0 Å². The molecule has 0 bridgehead atoms. The summed E-state index contributed by atoms with van der Waals surface area (Å²) in [5.41, 5.74) is 0. The first-order valence-electron chi connectivity index (χ1n) is 2.65. The van der Waals surface area contributed by atoms with E-state index in [0.717, 1.165) is 6.47 Å². The smallest absolute Gasteiger partial charge is 0.260 e. The summed E-state index contributed by atoms with van der Waals surface area (Å²) < 4.78 is 0. The molecule has 2 amide bonds. The minimum absolute atomic E-state index is 0. The number of amides is 2. The van der Waals surface area contributed by atoms with Crippen molar-refractivity contribution in [2.45, 2.75) is 12.8 Å². The van der Waals surface area contributed by atoms with Gasteiger partial charge in [-0.1, -0.05) is 0 Å². The van der Waals surface area contributed by atoms with Crippen LogP contribution < -0.4 is 0 Å². The first-order chi connectivity index (χ1) is 4.75. The zero-order valence-electron chi connectivity index (χ0n) is 6.57. The molecule has 6 heteroatoms. The molecule has 1 rings (SSSR count).